The number of carbonyl (C=O) groups excluding carboxylic acids is 1. The fourth-order valence-electron chi connectivity index (χ4n) is 5.31. The Morgan fingerprint density at radius 3 is 2.57 bits per heavy atom. The highest BCUT2D eigenvalue weighted by atomic mass is 32.1. The predicted molar refractivity (Wildman–Crippen MR) is 140 cm³/mol. The van der Waals surface area contributed by atoms with E-state index in [0.29, 0.717) is 66.8 Å². The molecule has 2 aliphatic heterocycles. The molecule has 1 amide bonds. The molecule has 0 bridgehead atoms. The first kappa shape index (κ1) is 24.0. The number of hydrogen-bond donors (Lipinski definition) is 0. The second-order valence-electron chi connectivity index (χ2n) is 9.76. The molecule has 0 N–H and O–H groups in total. The maximum atomic E-state index is 13.8. The number of nitrogens with zero attached hydrogens (tertiary/aromatic N) is 5. The van der Waals surface area contributed by atoms with E-state index in [4.69, 9.17) is 19.6 Å². The van der Waals surface area contributed by atoms with Gasteiger partial charge in [-0.25, -0.2) is 9.67 Å². The number of carbonyl (C=O) groups is 1. The van der Waals surface area contributed by atoms with Gasteiger partial charge in [0.2, 0.25) is 5.91 Å². The van der Waals surface area contributed by atoms with Crippen molar-refractivity contribution >= 4 is 22.2 Å². The average molecular weight is 520 g/mol. The van der Waals surface area contributed by atoms with Gasteiger partial charge in [-0.05, 0) is 38.5 Å². The van der Waals surface area contributed by atoms with Crippen LogP contribution in [0.4, 0.5) is 0 Å². The van der Waals surface area contributed by atoms with Crippen LogP contribution in [0.1, 0.15) is 35.5 Å². The van der Waals surface area contributed by atoms with Crippen LogP contribution in [-0.2, 0) is 20.7 Å². The molecule has 0 saturated carbocycles. The molecule has 37 heavy (non-hydrogen) atoms. The SMILES string of the molecule is Cc1ccccc1-n1nc(-c2c(C)nc3scc(CC(=O)N4CCC5(CC4)OCCO5)n3c2=O)cc1C. The molecule has 0 radical (unpaired) electrons. The van der Waals surface area contributed by atoms with E-state index in [1.54, 1.807) is 4.40 Å². The minimum absolute atomic E-state index is 0.0127. The smallest absolute Gasteiger partial charge is 0.268 e. The topological polar surface area (TPSA) is 91.0 Å². The quantitative estimate of drug-likeness (QED) is 0.410. The maximum absolute atomic E-state index is 13.8. The Kier molecular flexibility index (Phi) is 5.97. The van der Waals surface area contributed by atoms with Crippen LogP contribution < -0.4 is 5.56 Å². The molecule has 192 valence electrons. The summed E-state index contributed by atoms with van der Waals surface area (Å²) in [7, 11) is 0. The standard InChI is InChI=1S/C27H29N5O4S/c1-17-6-4-5-7-22(17)32-18(2)14-21(29-32)24-19(3)28-26-31(25(24)34)20(16-37-26)15-23(33)30-10-8-27(9-11-30)35-12-13-36-27/h4-7,14,16H,8-13,15H2,1-3H3. The third-order valence-corrected chi connectivity index (χ3v) is 8.21. The number of benzene rings is 1. The molecule has 10 heteroatoms. The average Bonchev–Trinajstić information content (AvgIpc) is 3.59. The van der Waals surface area contributed by atoms with Gasteiger partial charge in [0.1, 0.15) is 5.69 Å². The Morgan fingerprint density at radius 2 is 1.84 bits per heavy atom. The molecular formula is C27H29N5O4S. The molecule has 1 aromatic carbocycles. The van der Waals surface area contributed by atoms with E-state index in [1.807, 2.05) is 66.1 Å². The van der Waals surface area contributed by atoms with E-state index in [9.17, 15) is 9.59 Å². The van der Waals surface area contributed by atoms with Crippen LogP contribution in [-0.4, -0.2) is 62.1 Å². The van der Waals surface area contributed by atoms with Crippen LogP contribution >= 0.6 is 11.3 Å². The maximum Gasteiger partial charge on any atom is 0.268 e. The number of rotatable bonds is 4. The van der Waals surface area contributed by atoms with Gasteiger partial charge in [0.25, 0.3) is 5.56 Å². The van der Waals surface area contributed by atoms with Crippen molar-refractivity contribution in [3.8, 4) is 16.9 Å². The number of hydrogen-bond acceptors (Lipinski definition) is 7. The summed E-state index contributed by atoms with van der Waals surface area (Å²) in [5, 5.41) is 6.65. The van der Waals surface area contributed by atoms with Crippen molar-refractivity contribution < 1.29 is 14.3 Å². The van der Waals surface area contributed by atoms with Gasteiger partial charge >= 0.3 is 0 Å². The Morgan fingerprint density at radius 1 is 1.11 bits per heavy atom. The van der Waals surface area contributed by atoms with Crippen LogP contribution in [0.3, 0.4) is 0 Å². The summed E-state index contributed by atoms with van der Waals surface area (Å²) in [6.07, 6.45) is 1.46. The number of fused-ring (bicyclic) bond motifs is 1. The van der Waals surface area contributed by atoms with Crippen molar-refractivity contribution in [3.05, 3.63) is 68.7 Å². The van der Waals surface area contributed by atoms with Crippen LogP contribution in [0.25, 0.3) is 21.9 Å². The summed E-state index contributed by atoms with van der Waals surface area (Å²) < 4.78 is 15.0. The van der Waals surface area contributed by atoms with Crippen molar-refractivity contribution in [2.24, 2.45) is 0 Å². The molecule has 0 atom stereocenters. The lowest BCUT2D eigenvalue weighted by Crippen LogP contribution is -2.47. The highest BCUT2D eigenvalue weighted by Crippen LogP contribution is 2.31. The zero-order valence-electron chi connectivity index (χ0n) is 21.2. The molecule has 1 spiro atoms. The normalized spacial score (nSPS) is 17.2. The summed E-state index contributed by atoms with van der Waals surface area (Å²) in [5.41, 5.74) is 5.08. The summed E-state index contributed by atoms with van der Waals surface area (Å²) >= 11 is 1.37. The van der Waals surface area contributed by atoms with Crippen molar-refractivity contribution in [1.29, 1.82) is 0 Å². The summed E-state index contributed by atoms with van der Waals surface area (Å²) in [6, 6.07) is 9.93. The van der Waals surface area contributed by atoms with E-state index in [2.05, 4.69) is 0 Å². The molecular weight excluding hydrogens is 490 g/mol. The molecule has 9 nitrogen and oxygen atoms in total. The summed E-state index contributed by atoms with van der Waals surface area (Å²) in [4.78, 5) is 34.1. The lowest BCUT2D eigenvalue weighted by molar-refractivity contribution is -0.187. The Labute approximate surface area is 218 Å². The molecule has 5 heterocycles. The van der Waals surface area contributed by atoms with E-state index in [1.165, 1.54) is 11.3 Å². The molecule has 4 aromatic rings. The van der Waals surface area contributed by atoms with Gasteiger partial charge in [0, 0.05) is 42.7 Å². The monoisotopic (exact) mass is 519 g/mol. The van der Waals surface area contributed by atoms with Crippen LogP contribution in [0.2, 0.25) is 0 Å². The number of aromatic nitrogens is 4. The number of ether oxygens (including phenoxy) is 2. The highest BCUT2D eigenvalue weighted by molar-refractivity contribution is 7.15. The zero-order valence-corrected chi connectivity index (χ0v) is 22.0. The van der Waals surface area contributed by atoms with Crippen LogP contribution in [0.5, 0.6) is 0 Å². The first-order valence-corrected chi connectivity index (χ1v) is 13.4. The van der Waals surface area contributed by atoms with Crippen molar-refractivity contribution in [2.75, 3.05) is 26.3 Å². The Bertz CT molecular complexity index is 1550. The van der Waals surface area contributed by atoms with Gasteiger partial charge < -0.3 is 14.4 Å². The van der Waals surface area contributed by atoms with Gasteiger partial charge in [0.05, 0.1) is 36.6 Å². The van der Waals surface area contributed by atoms with Crippen molar-refractivity contribution in [3.63, 3.8) is 0 Å². The largest absolute Gasteiger partial charge is 0.347 e. The number of likely N-dealkylation sites (tertiary alicyclic amines) is 1. The molecule has 2 aliphatic rings. The number of piperidine rings is 1. The van der Waals surface area contributed by atoms with Gasteiger partial charge in [-0.15, -0.1) is 11.3 Å². The van der Waals surface area contributed by atoms with E-state index in [0.717, 1.165) is 16.9 Å². The van der Waals surface area contributed by atoms with Gasteiger partial charge in [-0.1, -0.05) is 18.2 Å². The Hall–Kier alpha value is -3.34. The van der Waals surface area contributed by atoms with Crippen LogP contribution in [0.15, 0.2) is 40.5 Å². The molecule has 0 unspecified atom stereocenters. The van der Waals surface area contributed by atoms with E-state index >= 15 is 0 Å². The first-order valence-electron chi connectivity index (χ1n) is 12.5. The van der Waals surface area contributed by atoms with E-state index in [-0.39, 0.29) is 17.9 Å². The predicted octanol–water partition coefficient (Wildman–Crippen LogP) is 3.44. The zero-order chi connectivity index (χ0) is 25.7. The summed E-state index contributed by atoms with van der Waals surface area (Å²) in [6.45, 7) is 8.21. The fraction of sp³-hybridized carbons (Fsp3) is 0.407. The van der Waals surface area contributed by atoms with E-state index < -0.39 is 5.79 Å². The second-order valence-corrected chi connectivity index (χ2v) is 10.6. The molecule has 2 fully saturated rings. The minimum Gasteiger partial charge on any atom is -0.347 e. The van der Waals surface area contributed by atoms with Crippen LogP contribution in [0, 0.1) is 20.8 Å². The lowest BCUT2D eigenvalue weighted by atomic mass is 10.0. The fourth-order valence-corrected chi connectivity index (χ4v) is 6.24. The molecule has 3 aromatic heterocycles. The number of para-hydroxylation sites is 1. The third kappa shape index (κ3) is 4.18. The Balaban J connectivity index is 1.31. The van der Waals surface area contributed by atoms with Gasteiger partial charge in [-0.3, -0.25) is 14.0 Å². The second kappa shape index (κ2) is 9.20. The lowest BCUT2D eigenvalue weighted by Gasteiger charge is -2.37. The highest BCUT2D eigenvalue weighted by Gasteiger charge is 2.40. The number of aryl methyl sites for hydroxylation is 3. The van der Waals surface area contributed by atoms with Crippen molar-refractivity contribution in [2.45, 2.75) is 45.8 Å². The third-order valence-electron chi connectivity index (χ3n) is 7.33. The molecule has 2 saturated heterocycles. The van der Waals surface area contributed by atoms with Gasteiger partial charge in [-0.2, -0.15) is 5.10 Å². The summed E-state index contributed by atoms with van der Waals surface area (Å²) in [5.74, 6) is -0.542. The molecule has 6 rings (SSSR count). The first-order chi connectivity index (χ1) is 17.8. The number of amides is 1. The van der Waals surface area contributed by atoms with Crippen molar-refractivity contribution in [1.82, 2.24) is 24.1 Å². The van der Waals surface area contributed by atoms with Gasteiger partial charge in [0.15, 0.2) is 10.7 Å². The number of thiazole rings is 1. The molecule has 0 aliphatic carbocycles. The minimum atomic E-state index is -0.529.